The van der Waals surface area contributed by atoms with Crippen LogP contribution in [0.2, 0.25) is 5.15 Å². The first-order chi connectivity index (χ1) is 9.10. The van der Waals surface area contributed by atoms with E-state index in [1.807, 2.05) is 0 Å². The Morgan fingerprint density at radius 1 is 1.58 bits per heavy atom. The molecule has 0 radical (unpaired) electrons. The first kappa shape index (κ1) is 13.9. The summed E-state index contributed by atoms with van der Waals surface area (Å²) in [5.41, 5.74) is 1.17. The largest absolute Gasteiger partial charge is 0.467 e. The van der Waals surface area contributed by atoms with E-state index in [0.29, 0.717) is 27.5 Å². The Bertz CT molecular complexity index is 600. The predicted octanol–water partition coefficient (Wildman–Crippen LogP) is 3.49. The monoisotopic (exact) mass is 344 g/mol. The molecule has 0 amide bonds. The standard InChI is InChI=1S/C12H10BrClN2O3/c1-18-12(17)7-2-9(19-6-7)5-15-8-3-10(13)11(14)16-4-8/h2-4,6,15H,5H2,1H3. The van der Waals surface area contributed by atoms with Gasteiger partial charge in [0, 0.05) is 0 Å². The molecule has 0 saturated heterocycles. The third kappa shape index (κ3) is 3.48. The molecule has 0 unspecified atom stereocenters. The zero-order chi connectivity index (χ0) is 13.8. The van der Waals surface area contributed by atoms with E-state index in [1.54, 1.807) is 18.3 Å². The molecule has 0 aliphatic rings. The summed E-state index contributed by atoms with van der Waals surface area (Å²) in [6.45, 7) is 0.423. The van der Waals surface area contributed by atoms with E-state index in [2.05, 4.69) is 31.0 Å². The second-order valence-corrected chi connectivity index (χ2v) is 4.86. The average Bonchev–Trinajstić information content (AvgIpc) is 2.88. The van der Waals surface area contributed by atoms with Crippen LogP contribution in [0.3, 0.4) is 0 Å². The van der Waals surface area contributed by atoms with Gasteiger partial charge in [-0.05, 0) is 28.1 Å². The van der Waals surface area contributed by atoms with Crippen LogP contribution in [-0.2, 0) is 11.3 Å². The highest BCUT2D eigenvalue weighted by molar-refractivity contribution is 9.10. The summed E-state index contributed by atoms with van der Waals surface area (Å²) in [5, 5.41) is 3.50. The molecule has 0 aromatic carbocycles. The highest BCUT2D eigenvalue weighted by atomic mass is 79.9. The van der Waals surface area contributed by atoms with Crippen LogP contribution in [0.25, 0.3) is 0 Å². The van der Waals surface area contributed by atoms with Crippen molar-refractivity contribution in [3.05, 3.63) is 45.5 Å². The number of nitrogens with one attached hydrogen (secondary N) is 1. The number of nitrogens with zero attached hydrogens (tertiary/aromatic N) is 1. The van der Waals surface area contributed by atoms with E-state index >= 15 is 0 Å². The van der Waals surface area contributed by atoms with Gasteiger partial charge in [-0.15, -0.1) is 0 Å². The van der Waals surface area contributed by atoms with Gasteiger partial charge in [0.15, 0.2) is 0 Å². The molecule has 2 aromatic heterocycles. The topological polar surface area (TPSA) is 64.4 Å². The highest BCUT2D eigenvalue weighted by Gasteiger charge is 2.10. The van der Waals surface area contributed by atoms with Gasteiger partial charge in [-0.2, -0.15) is 0 Å². The number of methoxy groups -OCH3 is 1. The molecular formula is C12H10BrClN2O3. The Balaban J connectivity index is 2.00. The molecule has 2 rings (SSSR count). The fraction of sp³-hybridized carbons (Fsp3) is 0.167. The van der Waals surface area contributed by atoms with Crippen LogP contribution in [-0.4, -0.2) is 18.1 Å². The van der Waals surface area contributed by atoms with E-state index in [0.717, 1.165) is 5.69 Å². The van der Waals surface area contributed by atoms with Crippen molar-refractivity contribution in [1.82, 2.24) is 4.98 Å². The van der Waals surface area contributed by atoms with E-state index in [9.17, 15) is 4.79 Å². The predicted molar refractivity (Wildman–Crippen MR) is 74.3 cm³/mol. The summed E-state index contributed by atoms with van der Waals surface area (Å²) in [7, 11) is 1.32. The number of carbonyl (C=O) groups is 1. The van der Waals surface area contributed by atoms with E-state index in [4.69, 9.17) is 16.0 Å². The van der Waals surface area contributed by atoms with Crippen LogP contribution >= 0.6 is 27.5 Å². The van der Waals surface area contributed by atoms with Crippen molar-refractivity contribution in [2.24, 2.45) is 0 Å². The lowest BCUT2D eigenvalue weighted by Crippen LogP contribution is -2.00. The lowest BCUT2D eigenvalue weighted by Gasteiger charge is -2.04. The number of anilines is 1. The number of ether oxygens (including phenoxy) is 1. The number of hydrogen-bond donors (Lipinski definition) is 1. The quantitative estimate of drug-likeness (QED) is 0.679. The maximum atomic E-state index is 11.2. The molecule has 7 heteroatoms. The fourth-order valence-electron chi connectivity index (χ4n) is 1.41. The minimum absolute atomic E-state index is 0.384. The number of carbonyl (C=O) groups excluding carboxylic acids is 1. The molecule has 2 aromatic rings. The lowest BCUT2D eigenvalue weighted by atomic mass is 10.3. The number of hydrogen-bond acceptors (Lipinski definition) is 5. The summed E-state index contributed by atoms with van der Waals surface area (Å²) in [5.74, 6) is 0.192. The molecule has 0 atom stereocenters. The van der Waals surface area contributed by atoms with Crippen molar-refractivity contribution < 1.29 is 13.9 Å². The van der Waals surface area contributed by atoms with Gasteiger partial charge in [0.25, 0.3) is 0 Å². The Morgan fingerprint density at radius 3 is 3.05 bits per heavy atom. The molecule has 0 fully saturated rings. The molecular weight excluding hydrogens is 336 g/mol. The molecule has 100 valence electrons. The zero-order valence-electron chi connectivity index (χ0n) is 9.94. The third-order valence-electron chi connectivity index (χ3n) is 2.34. The maximum absolute atomic E-state index is 11.2. The van der Waals surface area contributed by atoms with E-state index < -0.39 is 5.97 Å². The molecule has 0 aliphatic heterocycles. The number of rotatable bonds is 4. The number of esters is 1. The Hall–Kier alpha value is -1.53. The van der Waals surface area contributed by atoms with Crippen molar-refractivity contribution in [3.63, 3.8) is 0 Å². The van der Waals surface area contributed by atoms with Gasteiger partial charge in [0.2, 0.25) is 0 Å². The van der Waals surface area contributed by atoms with Gasteiger partial charge < -0.3 is 14.5 Å². The average molecular weight is 346 g/mol. The van der Waals surface area contributed by atoms with Crippen LogP contribution in [0, 0.1) is 0 Å². The van der Waals surface area contributed by atoms with E-state index in [-0.39, 0.29) is 0 Å². The van der Waals surface area contributed by atoms with Gasteiger partial charge in [0.1, 0.15) is 17.2 Å². The second kappa shape index (κ2) is 6.08. The van der Waals surface area contributed by atoms with Crippen LogP contribution in [0.4, 0.5) is 5.69 Å². The molecule has 0 spiro atoms. The first-order valence-corrected chi connectivity index (χ1v) is 6.48. The molecule has 0 bridgehead atoms. The summed E-state index contributed by atoms with van der Waals surface area (Å²) >= 11 is 9.08. The van der Waals surface area contributed by atoms with Gasteiger partial charge in [-0.25, -0.2) is 9.78 Å². The van der Waals surface area contributed by atoms with E-state index in [1.165, 1.54) is 13.4 Å². The molecule has 0 saturated carbocycles. The maximum Gasteiger partial charge on any atom is 0.341 e. The summed E-state index contributed by atoms with van der Waals surface area (Å²) < 4.78 is 10.5. The van der Waals surface area contributed by atoms with Gasteiger partial charge in [-0.1, -0.05) is 11.6 Å². The molecule has 1 N–H and O–H groups in total. The SMILES string of the molecule is COC(=O)c1coc(CNc2cnc(Cl)c(Br)c2)c1. The van der Waals surface area contributed by atoms with Crippen molar-refractivity contribution in [2.75, 3.05) is 12.4 Å². The number of halogens is 2. The van der Waals surface area contributed by atoms with Gasteiger partial charge >= 0.3 is 5.97 Å². The smallest absolute Gasteiger partial charge is 0.341 e. The number of furan rings is 1. The lowest BCUT2D eigenvalue weighted by molar-refractivity contribution is 0.0600. The second-order valence-electron chi connectivity index (χ2n) is 3.64. The molecule has 0 aliphatic carbocycles. The van der Waals surface area contributed by atoms with Gasteiger partial charge in [-0.3, -0.25) is 0 Å². The Kier molecular flexibility index (Phi) is 4.44. The van der Waals surface area contributed by atoms with Crippen LogP contribution < -0.4 is 5.32 Å². The van der Waals surface area contributed by atoms with Crippen molar-refractivity contribution in [2.45, 2.75) is 6.54 Å². The van der Waals surface area contributed by atoms with Crippen molar-refractivity contribution >= 4 is 39.2 Å². The first-order valence-electron chi connectivity index (χ1n) is 5.31. The minimum Gasteiger partial charge on any atom is -0.467 e. The van der Waals surface area contributed by atoms with Crippen LogP contribution in [0.15, 0.2) is 33.5 Å². The summed E-state index contributed by atoms with van der Waals surface area (Å²) in [4.78, 5) is 15.2. The van der Waals surface area contributed by atoms with Crippen molar-refractivity contribution in [3.8, 4) is 0 Å². The zero-order valence-corrected chi connectivity index (χ0v) is 12.3. The van der Waals surface area contributed by atoms with Gasteiger partial charge in [0.05, 0.1) is 35.6 Å². The minimum atomic E-state index is -0.425. The molecule has 5 nitrogen and oxygen atoms in total. The normalized spacial score (nSPS) is 10.3. The molecule has 2 heterocycles. The number of aromatic nitrogens is 1. The Morgan fingerprint density at radius 2 is 2.37 bits per heavy atom. The van der Waals surface area contributed by atoms with Crippen molar-refractivity contribution in [1.29, 1.82) is 0 Å². The van der Waals surface area contributed by atoms with Crippen LogP contribution in [0.5, 0.6) is 0 Å². The third-order valence-corrected chi connectivity index (χ3v) is 3.47. The van der Waals surface area contributed by atoms with Crippen LogP contribution in [0.1, 0.15) is 16.1 Å². The number of pyridine rings is 1. The fourth-order valence-corrected chi connectivity index (χ4v) is 1.86. The summed E-state index contributed by atoms with van der Waals surface area (Å²) in [6, 6.07) is 3.43. The highest BCUT2D eigenvalue weighted by Crippen LogP contribution is 2.23. The Labute approximate surface area is 123 Å². The summed E-state index contributed by atoms with van der Waals surface area (Å²) in [6.07, 6.45) is 2.97. The molecule has 19 heavy (non-hydrogen) atoms.